The Hall–Kier alpha value is -2.31. The highest BCUT2D eigenvalue weighted by molar-refractivity contribution is 5.76. The topological polar surface area (TPSA) is 228 Å². The first-order chi connectivity index (χ1) is 37.1. The number of aliphatic hydroxyl groups excluding tert-OH is 8. The number of hydrogen-bond acceptors (Lipinski definition) is 13. The summed E-state index contributed by atoms with van der Waals surface area (Å²) in [7, 11) is 0. The molecule has 0 aromatic carbocycles. The third-order valence-electron chi connectivity index (χ3n) is 14.7. The van der Waals surface area contributed by atoms with E-state index in [1.54, 1.807) is 6.08 Å². The Kier molecular flexibility index (Phi) is 43.6. The summed E-state index contributed by atoms with van der Waals surface area (Å²) in [5.41, 5.74) is 0. The van der Waals surface area contributed by atoms with E-state index in [1.807, 2.05) is 6.08 Å². The van der Waals surface area contributed by atoms with Crippen molar-refractivity contribution in [1.82, 2.24) is 5.32 Å². The van der Waals surface area contributed by atoms with Gasteiger partial charge in [-0.25, -0.2) is 0 Å². The van der Waals surface area contributed by atoms with E-state index < -0.39 is 86.8 Å². The van der Waals surface area contributed by atoms with Crippen LogP contribution in [0.4, 0.5) is 0 Å². The molecule has 12 atom stereocenters. The van der Waals surface area contributed by atoms with E-state index in [9.17, 15) is 45.6 Å². The number of unbranched alkanes of at least 4 members (excludes halogenated alkanes) is 27. The lowest BCUT2D eigenvalue weighted by Crippen LogP contribution is -2.65. The molecule has 14 heteroatoms. The molecular formula is C62H111NO13. The zero-order valence-electron chi connectivity index (χ0n) is 47.5. The van der Waals surface area contributed by atoms with Gasteiger partial charge in [0.05, 0.1) is 32.0 Å². The van der Waals surface area contributed by atoms with E-state index in [1.165, 1.54) is 135 Å². The van der Waals surface area contributed by atoms with Gasteiger partial charge in [0.25, 0.3) is 0 Å². The molecule has 2 saturated heterocycles. The molecular weight excluding hydrogens is 967 g/mol. The van der Waals surface area contributed by atoms with Crippen LogP contribution < -0.4 is 5.32 Å². The molecule has 9 N–H and O–H groups in total. The average molecular weight is 1080 g/mol. The van der Waals surface area contributed by atoms with Crippen LogP contribution in [0.25, 0.3) is 0 Å². The van der Waals surface area contributed by atoms with Crippen LogP contribution in [0.1, 0.15) is 232 Å². The molecule has 0 aromatic rings. The van der Waals surface area contributed by atoms with Gasteiger partial charge in [-0.05, 0) is 57.8 Å². The normalized spacial score (nSPS) is 25.3. The minimum atomic E-state index is -1.79. The first kappa shape index (κ1) is 69.8. The van der Waals surface area contributed by atoms with E-state index in [-0.39, 0.29) is 18.9 Å². The third kappa shape index (κ3) is 32.7. The van der Waals surface area contributed by atoms with Crippen LogP contribution in [0, 0.1) is 0 Å². The molecule has 442 valence electrons. The smallest absolute Gasteiger partial charge is 0.220 e. The number of allylic oxidation sites excluding steroid dienone is 9. The van der Waals surface area contributed by atoms with Gasteiger partial charge in [0, 0.05) is 6.42 Å². The summed E-state index contributed by atoms with van der Waals surface area (Å²) in [6.45, 7) is 2.69. The Morgan fingerprint density at radius 3 is 1.39 bits per heavy atom. The van der Waals surface area contributed by atoms with Crippen molar-refractivity contribution >= 4 is 5.91 Å². The van der Waals surface area contributed by atoms with E-state index in [4.69, 9.17) is 18.9 Å². The van der Waals surface area contributed by atoms with Crippen molar-refractivity contribution in [2.24, 2.45) is 0 Å². The molecule has 0 aliphatic carbocycles. The summed E-state index contributed by atoms with van der Waals surface area (Å²) in [6.07, 6.45) is 43.9. The van der Waals surface area contributed by atoms with Crippen LogP contribution >= 0.6 is 0 Å². The summed E-state index contributed by atoms with van der Waals surface area (Å²) < 4.78 is 22.8. The average Bonchev–Trinajstić information content (AvgIpc) is 3.42. The predicted octanol–water partition coefficient (Wildman–Crippen LogP) is 10.6. The van der Waals surface area contributed by atoms with Gasteiger partial charge in [0.1, 0.15) is 48.8 Å². The molecule has 2 aliphatic heterocycles. The molecule has 76 heavy (non-hydrogen) atoms. The molecule has 2 fully saturated rings. The molecule has 0 radical (unpaired) electrons. The maximum atomic E-state index is 13.3. The maximum Gasteiger partial charge on any atom is 0.220 e. The fourth-order valence-electron chi connectivity index (χ4n) is 9.81. The van der Waals surface area contributed by atoms with Gasteiger partial charge in [-0.3, -0.25) is 4.79 Å². The number of nitrogens with one attached hydrogen (secondary N) is 1. The lowest BCUT2D eigenvalue weighted by Gasteiger charge is -2.46. The molecule has 2 aliphatic rings. The van der Waals surface area contributed by atoms with Crippen LogP contribution in [-0.4, -0.2) is 140 Å². The lowest BCUT2D eigenvalue weighted by atomic mass is 9.97. The summed E-state index contributed by atoms with van der Waals surface area (Å²) in [5, 5.41) is 87.2. The van der Waals surface area contributed by atoms with E-state index in [2.05, 4.69) is 67.8 Å². The molecule has 0 saturated carbocycles. The van der Waals surface area contributed by atoms with Gasteiger partial charge in [0.2, 0.25) is 5.91 Å². The second kappa shape index (κ2) is 47.5. The molecule has 12 unspecified atom stereocenters. The molecule has 1 amide bonds. The second-order valence-electron chi connectivity index (χ2n) is 21.5. The Bertz CT molecular complexity index is 1510. The molecule has 0 bridgehead atoms. The van der Waals surface area contributed by atoms with Crippen LogP contribution in [0.2, 0.25) is 0 Å². The van der Waals surface area contributed by atoms with Crippen molar-refractivity contribution in [2.75, 3.05) is 19.8 Å². The van der Waals surface area contributed by atoms with Crippen molar-refractivity contribution in [3.8, 4) is 0 Å². The third-order valence-corrected chi connectivity index (χ3v) is 14.7. The standard InChI is InChI=1S/C62H111NO13/c1-3-5-7-9-11-13-15-17-19-21-23-24-25-26-28-30-32-34-36-38-40-42-44-46-54(67)63-50(51(66)45-43-41-39-37-35-33-31-29-27-22-20-18-16-14-12-10-8-6-4-2)49-73-61-59(72)57(70)60(53(48-65)75-61)76-62-58(71)56(69)55(68)52(47-64)74-62/h5,7,11,13,17,19,23-24,43,45,50-53,55-62,64-66,68-72H,3-4,6,8-10,12,14-16,18,20-22,25-42,44,46-49H2,1-2H3,(H,63,67)/b7-5-,13-11-,19-17-,24-23-,45-43+. The highest BCUT2D eigenvalue weighted by atomic mass is 16.7. The Morgan fingerprint density at radius 2 is 0.908 bits per heavy atom. The first-order valence-corrected chi connectivity index (χ1v) is 30.5. The van der Waals surface area contributed by atoms with Crippen LogP contribution in [0.5, 0.6) is 0 Å². The van der Waals surface area contributed by atoms with Gasteiger partial charge in [-0.15, -0.1) is 0 Å². The van der Waals surface area contributed by atoms with Gasteiger partial charge in [0.15, 0.2) is 12.6 Å². The van der Waals surface area contributed by atoms with Crippen LogP contribution in [0.3, 0.4) is 0 Å². The van der Waals surface area contributed by atoms with Gasteiger partial charge < -0.3 is 65.1 Å². The number of hydrogen-bond donors (Lipinski definition) is 9. The van der Waals surface area contributed by atoms with E-state index >= 15 is 0 Å². The van der Waals surface area contributed by atoms with Crippen molar-refractivity contribution in [3.05, 3.63) is 60.8 Å². The second-order valence-corrected chi connectivity index (χ2v) is 21.5. The molecule has 0 aromatic heterocycles. The van der Waals surface area contributed by atoms with E-state index in [0.29, 0.717) is 6.42 Å². The lowest BCUT2D eigenvalue weighted by molar-refractivity contribution is -0.359. The van der Waals surface area contributed by atoms with Crippen molar-refractivity contribution < 1.29 is 64.6 Å². The number of amides is 1. The molecule has 0 spiro atoms. The summed E-state index contributed by atoms with van der Waals surface area (Å²) in [5.74, 6) is -0.245. The van der Waals surface area contributed by atoms with Gasteiger partial charge >= 0.3 is 0 Å². The Labute approximate surface area is 460 Å². The summed E-state index contributed by atoms with van der Waals surface area (Å²) in [6, 6.07) is -0.920. The summed E-state index contributed by atoms with van der Waals surface area (Å²) >= 11 is 0. The molecule has 14 nitrogen and oxygen atoms in total. The largest absolute Gasteiger partial charge is 0.394 e. The van der Waals surface area contributed by atoms with Gasteiger partial charge in [-0.2, -0.15) is 0 Å². The minimum Gasteiger partial charge on any atom is -0.394 e. The highest BCUT2D eigenvalue weighted by Gasteiger charge is 2.51. The monoisotopic (exact) mass is 1080 g/mol. The molecule has 2 heterocycles. The summed E-state index contributed by atoms with van der Waals surface area (Å²) in [4.78, 5) is 13.3. The van der Waals surface area contributed by atoms with Crippen molar-refractivity contribution in [1.29, 1.82) is 0 Å². The predicted molar refractivity (Wildman–Crippen MR) is 304 cm³/mol. The SMILES string of the molecule is CC/C=C\C/C=C\C/C=C\C/C=C\CCCCCCCCCCCCC(=O)NC(COC1OC(CO)C(OC2OC(CO)C(O)C(O)C2O)C(O)C1O)C(O)/C=C/CCCCCCCCCCCCCCCCCCC. The van der Waals surface area contributed by atoms with Crippen molar-refractivity contribution in [2.45, 2.75) is 306 Å². The van der Waals surface area contributed by atoms with Crippen molar-refractivity contribution in [3.63, 3.8) is 0 Å². The fourth-order valence-corrected chi connectivity index (χ4v) is 9.81. The number of carbonyl (C=O) groups excluding carboxylic acids is 1. The number of ether oxygens (including phenoxy) is 4. The Balaban J connectivity index is 1.76. The van der Waals surface area contributed by atoms with E-state index in [0.717, 1.165) is 70.6 Å². The number of aliphatic hydroxyl groups is 8. The minimum absolute atomic E-state index is 0.245. The Morgan fingerprint density at radius 1 is 0.487 bits per heavy atom. The highest BCUT2D eigenvalue weighted by Crippen LogP contribution is 2.30. The quantitative estimate of drug-likeness (QED) is 0.0204. The first-order valence-electron chi connectivity index (χ1n) is 30.5. The zero-order valence-corrected chi connectivity index (χ0v) is 47.5. The zero-order chi connectivity index (χ0) is 55.3. The number of rotatable bonds is 48. The van der Waals surface area contributed by atoms with Gasteiger partial charge in [-0.1, -0.05) is 229 Å². The van der Waals surface area contributed by atoms with Crippen LogP contribution in [-0.2, 0) is 23.7 Å². The van der Waals surface area contributed by atoms with Crippen LogP contribution in [0.15, 0.2) is 60.8 Å². The maximum absolute atomic E-state index is 13.3. The number of carbonyl (C=O) groups is 1. The molecule has 2 rings (SSSR count). The fraction of sp³-hybridized carbons (Fsp3) is 0.823.